The van der Waals surface area contributed by atoms with Gasteiger partial charge in [-0.25, -0.2) is 15.0 Å². The summed E-state index contributed by atoms with van der Waals surface area (Å²) in [6, 6.07) is 12.1. The molecule has 0 fully saturated rings. The van der Waals surface area contributed by atoms with Crippen molar-refractivity contribution in [2.45, 2.75) is 6.18 Å². The van der Waals surface area contributed by atoms with Crippen molar-refractivity contribution in [3.05, 3.63) is 77.7 Å². The SMILES string of the molecule is Nc1nc(-c2cnccn2)nc(Nc2ccccc2)c1/N=N/c1ccc(Cl)cc1C(F)(F)F. The van der Waals surface area contributed by atoms with Crippen LogP contribution in [0.25, 0.3) is 11.5 Å². The van der Waals surface area contributed by atoms with Gasteiger partial charge in [-0.2, -0.15) is 13.2 Å². The molecule has 0 saturated heterocycles. The summed E-state index contributed by atoms with van der Waals surface area (Å²) in [4.78, 5) is 16.7. The van der Waals surface area contributed by atoms with Gasteiger partial charge in [0.05, 0.1) is 17.4 Å². The van der Waals surface area contributed by atoms with Crippen molar-refractivity contribution in [2.24, 2.45) is 10.2 Å². The highest BCUT2D eigenvalue weighted by Gasteiger charge is 2.34. The van der Waals surface area contributed by atoms with Gasteiger partial charge in [-0.1, -0.05) is 29.8 Å². The zero-order chi connectivity index (χ0) is 23.4. The zero-order valence-corrected chi connectivity index (χ0v) is 17.4. The number of azo groups is 1. The molecule has 0 aliphatic carbocycles. The van der Waals surface area contributed by atoms with Gasteiger partial charge in [0.2, 0.25) is 0 Å². The Bertz CT molecular complexity index is 1300. The van der Waals surface area contributed by atoms with E-state index < -0.39 is 17.4 Å². The number of nitrogen functional groups attached to an aromatic ring is 1. The lowest BCUT2D eigenvalue weighted by atomic mass is 10.2. The van der Waals surface area contributed by atoms with Crippen molar-refractivity contribution in [3.8, 4) is 11.5 Å². The number of alkyl halides is 3. The first-order valence-corrected chi connectivity index (χ1v) is 9.73. The molecule has 4 aromatic rings. The highest BCUT2D eigenvalue weighted by Crippen LogP contribution is 2.40. The standard InChI is InChI=1S/C21H14ClF3N8/c22-12-6-7-15(14(10-12)21(23,24)25)32-33-17-18(26)30-19(16-11-27-8-9-28-16)31-20(17)29-13-4-2-1-3-5-13/h1-11H,(H3,26,29,30,31)/b33-32+. The topological polar surface area (TPSA) is 114 Å². The minimum atomic E-state index is -4.68. The number of nitrogens with one attached hydrogen (secondary N) is 1. The van der Waals surface area contributed by atoms with Gasteiger partial charge in [0.1, 0.15) is 5.69 Å². The summed E-state index contributed by atoms with van der Waals surface area (Å²) < 4.78 is 40.2. The molecule has 12 heteroatoms. The van der Waals surface area contributed by atoms with E-state index in [1.807, 2.05) is 6.07 Å². The summed E-state index contributed by atoms with van der Waals surface area (Å²) in [6.07, 6.45) is -0.275. The number of nitrogens with zero attached hydrogens (tertiary/aromatic N) is 6. The fraction of sp³-hybridized carbons (Fsp3) is 0.0476. The van der Waals surface area contributed by atoms with E-state index >= 15 is 0 Å². The monoisotopic (exact) mass is 470 g/mol. The minimum Gasteiger partial charge on any atom is -0.382 e. The largest absolute Gasteiger partial charge is 0.418 e. The molecular formula is C21H14ClF3N8. The van der Waals surface area contributed by atoms with Crippen LogP contribution >= 0.6 is 11.6 Å². The molecule has 0 unspecified atom stereocenters. The molecule has 2 heterocycles. The number of hydrogen-bond donors (Lipinski definition) is 2. The Hall–Kier alpha value is -4.12. The van der Waals surface area contributed by atoms with Crippen molar-refractivity contribution >= 4 is 40.3 Å². The number of nitrogens with two attached hydrogens (primary N) is 1. The molecule has 3 N–H and O–H groups in total. The summed E-state index contributed by atoms with van der Waals surface area (Å²) >= 11 is 5.72. The summed E-state index contributed by atoms with van der Waals surface area (Å²) in [5.41, 5.74) is 5.56. The molecule has 0 atom stereocenters. The van der Waals surface area contributed by atoms with Crippen LogP contribution in [0, 0.1) is 0 Å². The van der Waals surface area contributed by atoms with Gasteiger partial charge < -0.3 is 11.1 Å². The van der Waals surface area contributed by atoms with Crippen molar-refractivity contribution in [1.29, 1.82) is 0 Å². The molecule has 2 aromatic heterocycles. The second-order valence-electron chi connectivity index (χ2n) is 6.57. The summed E-state index contributed by atoms with van der Waals surface area (Å²) in [5, 5.41) is 10.7. The van der Waals surface area contributed by atoms with Crippen LogP contribution in [0.15, 0.2) is 77.3 Å². The lowest BCUT2D eigenvalue weighted by molar-refractivity contribution is -0.137. The van der Waals surface area contributed by atoms with E-state index in [0.717, 1.165) is 12.1 Å². The van der Waals surface area contributed by atoms with Crippen LogP contribution in [0.2, 0.25) is 5.02 Å². The zero-order valence-electron chi connectivity index (χ0n) is 16.6. The average Bonchev–Trinajstić information content (AvgIpc) is 2.80. The van der Waals surface area contributed by atoms with Crippen LogP contribution in [0.5, 0.6) is 0 Å². The molecule has 8 nitrogen and oxygen atoms in total. The van der Waals surface area contributed by atoms with Gasteiger partial charge in [0.15, 0.2) is 23.1 Å². The fourth-order valence-electron chi connectivity index (χ4n) is 2.77. The van der Waals surface area contributed by atoms with Gasteiger partial charge in [-0.05, 0) is 30.3 Å². The first-order chi connectivity index (χ1) is 15.8. The van der Waals surface area contributed by atoms with E-state index in [-0.39, 0.29) is 28.2 Å². The molecule has 0 saturated carbocycles. The molecule has 0 spiro atoms. The number of anilines is 3. The molecule has 33 heavy (non-hydrogen) atoms. The number of rotatable bonds is 5. The van der Waals surface area contributed by atoms with Gasteiger partial charge in [-0.15, -0.1) is 10.2 Å². The Balaban J connectivity index is 1.81. The molecule has 166 valence electrons. The predicted octanol–water partition coefficient (Wildman–Crippen LogP) is 6.35. The van der Waals surface area contributed by atoms with Gasteiger partial charge in [0.25, 0.3) is 0 Å². The first kappa shape index (κ1) is 22.1. The number of para-hydroxylation sites is 1. The van der Waals surface area contributed by atoms with Crippen LogP contribution in [0.3, 0.4) is 0 Å². The van der Waals surface area contributed by atoms with E-state index in [1.54, 1.807) is 24.3 Å². The van der Waals surface area contributed by atoms with E-state index in [9.17, 15) is 13.2 Å². The minimum absolute atomic E-state index is 0.0467. The molecular weight excluding hydrogens is 457 g/mol. The molecule has 0 aliphatic rings. The smallest absolute Gasteiger partial charge is 0.382 e. The Labute approximate surface area is 190 Å². The maximum atomic E-state index is 13.4. The first-order valence-electron chi connectivity index (χ1n) is 9.36. The van der Waals surface area contributed by atoms with E-state index in [2.05, 4.69) is 35.5 Å². The second kappa shape index (κ2) is 9.17. The normalized spacial score (nSPS) is 11.6. The highest BCUT2D eigenvalue weighted by atomic mass is 35.5. The van der Waals surface area contributed by atoms with Crippen LogP contribution < -0.4 is 11.1 Å². The maximum absolute atomic E-state index is 13.4. The van der Waals surface area contributed by atoms with Gasteiger partial charge >= 0.3 is 6.18 Å². The Morgan fingerprint density at radius 1 is 0.970 bits per heavy atom. The Kier molecular flexibility index (Phi) is 6.13. The summed E-state index contributed by atoms with van der Waals surface area (Å²) in [6.45, 7) is 0. The number of halogens is 4. The third kappa shape index (κ3) is 5.21. The number of benzene rings is 2. The second-order valence-corrected chi connectivity index (χ2v) is 7.01. The van der Waals surface area contributed by atoms with Crippen LogP contribution in [-0.2, 0) is 6.18 Å². The third-order valence-corrected chi connectivity index (χ3v) is 4.50. The van der Waals surface area contributed by atoms with Crippen molar-refractivity contribution in [3.63, 3.8) is 0 Å². The molecule has 0 radical (unpaired) electrons. The quantitative estimate of drug-likeness (QED) is 0.328. The molecule has 4 rings (SSSR count). The predicted molar refractivity (Wildman–Crippen MR) is 118 cm³/mol. The summed E-state index contributed by atoms with van der Waals surface area (Å²) in [7, 11) is 0. The van der Waals surface area contributed by atoms with Gasteiger partial charge in [0, 0.05) is 23.1 Å². The van der Waals surface area contributed by atoms with Crippen molar-refractivity contribution < 1.29 is 13.2 Å². The molecule has 0 amide bonds. The van der Waals surface area contributed by atoms with E-state index in [4.69, 9.17) is 17.3 Å². The Morgan fingerprint density at radius 3 is 2.45 bits per heavy atom. The fourth-order valence-corrected chi connectivity index (χ4v) is 2.94. The highest BCUT2D eigenvalue weighted by molar-refractivity contribution is 6.30. The van der Waals surface area contributed by atoms with Gasteiger partial charge in [-0.3, -0.25) is 4.98 Å². The van der Waals surface area contributed by atoms with Crippen molar-refractivity contribution in [1.82, 2.24) is 19.9 Å². The number of aromatic nitrogens is 4. The van der Waals surface area contributed by atoms with Crippen molar-refractivity contribution in [2.75, 3.05) is 11.1 Å². The number of hydrogen-bond acceptors (Lipinski definition) is 8. The maximum Gasteiger partial charge on any atom is 0.418 e. The lowest BCUT2D eigenvalue weighted by Crippen LogP contribution is -2.05. The lowest BCUT2D eigenvalue weighted by Gasteiger charge is -2.12. The summed E-state index contributed by atoms with van der Waals surface area (Å²) in [5.74, 6) is 0.163. The third-order valence-electron chi connectivity index (χ3n) is 4.26. The van der Waals surface area contributed by atoms with Crippen LogP contribution in [-0.4, -0.2) is 19.9 Å². The van der Waals surface area contributed by atoms with E-state index in [1.165, 1.54) is 24.7 Å². The molecule has 0 aliphatic heterocycles. The average molecular weight is 471 g/mol. The van der Waals surface area contributed by atoms with Crippen LogP contribution in [0.1, 0.15) is 5.56 Å². The van der Waals surface area contributed by atoms with E-state index in [0.29, 0.717) is 11.4 Å². The molecule has 2 aromatic carbocycles. The van der Waals surface area contributed by atoms with Crippen LogP contribution in [0.4, 0.5) is 41.9 Å². The molecule has 0 bridgehead atoms. The Morgan fingerprint density at radius 2 is 1.76 bits per heavy atom.